The van der Waals surface area contributed by atoms with Crippen LogP contribution in [0, 0.1) is 47.3 Å². The average Bonchev–Trinajstić information content (AvgIpc) is 3.44. The molecule has 0 unspecified atom stereocenters. The van der Waals surface area contributed by atoms with Gasteiger partial charge in [0, 0.05) is 13.0 Å². The Bertz CT molecular complexity index is 1260. The molecule has 0 saturated heterocycles. The van der Waals surface area contributed by atoms with Crippen LogP contribution in [0.4, 0.5) is 13.2 Å². The van der Waals surface area contributed by atoms with Crippen molar-refractivity contribution < 1.29 is 27.8 Å². The molecule has 6 nitrogen and oxygen atoms in total. The largest absolute Gasteiger partial charge is 0.417 e. The van der Waals surface area contributed by atoms with Gasteiger partial charge in [-0.3, -0.25) is 4.79 Å². The molecule has 0 aliphatic heterocycles. The molecule has 9 heteroatoms. The van der Waals surface area contributed by atoms with Gasteiger partial charge < -0.3 is 9.84 Å². The Morgan fingerprint density at radius 3 is 2.67 bits per heavy atom. The fraction of sp³-hybridized carbons (Fsp3) is 0.767. The van der Waals surface area contributed by atoms with Crippen LogP contribution in [0.2, 0.25) is 0 Å². The number of hydrogen-bond acceptors (Lipinski definition) is 5. The molecule has 0 bridgehead atoms. The summed E-state index contributed by atoms with van der Waals surface area (Å²) < 4.78 is 48.8. The van der Waals surface area contributed by atoms with Gasteiger partial charge in [-0.15, -0.1) is 5.10 Å². The highest BCUT2D eigenvalue weighted by molar-refractivity contribution is 5.84. The lowest BCUT2D eigenvalue weighted by Crippen LogP contribution is -2.61. The van der Waals surface area contributed by atoms with Gasteiger partial charge in [0.05, 0.1) is 12.1 Å². The molecular weight excluding hydrogens is 507 g/mol. The molecule has 39 heavy (non-hydrogen) atoms. The molecule has 4 saturated carbocycles. The maximum Gasteiger partial charge on any atom is 0.417 e. The highest BCUT2D eigenvalue weighted by atomic mass is 19.4. The van der Waals surface area contributed by atoms with Gasteiger partial charge in [-0.05, 0) is 117 Å². The van der Waals surface area contributed by atoms with Crippen molar-refractivity contribution in [3.8, 4) is 0 Å². The predicted octanol–water partition coefficient (Wildman–Crippen LogP) is 5.89. The third-order valence-corrected chi connectivity index (χ3v) is 11.7. The summed E-state index contributed by atoms with van der Waals surface area (Å²) in [4.78, 5) is 13.8. The number of benzene rings is 1. The van der Waals surface area contributed by atoms with Crippen LogP contribution in [-0.2, 0) is 16.1 Å². The minimum absolute atomic E-state index is 0.0507. The Morgan fingerprint density at radius 2 is 1.92 bits per heavy atom. The normalized spacial score (nSPS) is 40.2. The standard InChI is InChI=1S/C30H40F3N3O3/c1-18-4-9-24-25(14-18)36(35-34-24)16-26(37)23-8-7-21-20-6-5-19-15-29(38,30(31,32)33)13-12-28(19,17-39-3)22(20)10-11-27(21,23)2/h4,9,14,19-23,38H,5-8,10-13,15-17H2,1-3H3/t19-,20+,21+,22+,23-,27+,28-,29-/m1/s1. The van der Waals surface area contributed by atoms with Crippen LogP contribution in [-0.4, -0.2) is 51.4 Å². The van der Waals surface area contributed by atoms with E-state index in [2.05, 4.69) is 17.2 Å². The molecule has 2 aromatic rings. The van der Waals surface area contributed by atoms with Crippen molar-refractivity contribution in [1.29, 1.82) is 0 Å². The first-order valence-corrected chi connectivity index (χ1v) is 14.5. The van der Waals surface area contributed by atoms with Crippen molar-refractivity contribution >= 4 is 16.8 Å². The molecule has 0 amide bonds. The number of alkyl halides is 3. The number of carbonyl (C=O) groups excluding carboxylic acids is 1. The third-order valence-electron chi connectivity index (χ3n) is 11.7. The molecule has 1 heterocycles. The summed E-state index contributed by atoms with van der Waals surface area (Å²) in [6, 6.07) is 5.94. The maximum absolute atomic E-state index is 13.8. The van der Waals surface area contributed by atoms with E-state index in [-0.39, 0.29) is 53.8 Å². The first-order chi connectivity index (χ1) is 18.4. The van der Waals surface area contributed by atoms with E-state index in [1.165, 1.54) is 0 Å². The van der Waals surface area contributed by atoms with Crippen LogP contribution in [0.25, 0.3) is 11.0 Å². The van der Waals surface area contributed by atoms with Crippen LogP contribution in [0.1, 0.15) is 70.3 Å². The van der Waals surface area contributed by atoms with Gasteiger partial charge >= 0.3 is 6.18 Å². The van der Waals surface area contributed by atoms with Crippen molar-refractivity contribution in [1.82, 2.24) is 15.0 Å². The highest BCUT2D eigenvalue weighted by Gasteiger charge is 2.66. The number of rotatable bonds is 5. The summed E-state index contributed by atoms with van der Waals surface area (Å²) in [5.41, 5.74) is -0.290. The van der Waals surface area contributed by atoms with Crippen LogP contribution in [0.3, 0.4) is 0 Å². The van der Waals surface area contributed by atoms with Crippen LogP contribution >= 0.6 is 0 Å². The van der Waals surface area contributed by atoms with Crippen molar-refractivity contribution in [2.24, 2.45) is 40.4 Å². The monoisotopic (exact) mass is 547 g/mol. The Hall–Kier alpha value is -2.00. The number of Topliss-reactive ketones (excluding diaryl/α,β-unsaturated/α-hetero) is 1. The predicted molar refractivity (Wildman–Crippen MR) is 140 cm³/mol. The summed E-state index contributed by atoms with van der Waals surface area (Å²) in [5.74, 6) is 0.970. The van der Waals surface area contributed by atoms with Gasteiger partial charge in [-0.2, -0.15) is 13.2 Å². The van der Waals surface area contributed by atoms with Crippen LogP contribution < -0.4 is 0 Å². The summed E-state index contributed by atoms with van der Waals surface area (Å²) in [5, 5.41) is 19.1. The first kappa shape index (κ1) is 27.2. The molecule has 0 spiro atoms. The van der Waals surface area contributed by atoms with E-state index in [1.807, 2.05) is 25.1 Å². The molecule has 8 atom stereocenters. The lowest BCUT2D eigenvalue weighted by molar-refractivity contribution is -0.294. The van der Waals surface area contributed by atoms with Gasteiger partial charge in [0.15, 0.2) is 11.4 Å². The molecule has 4 fully saturated rings. The van der Waals surface area contributed by atoms with Crippen molar-refractivity contribution in [3.63, 3.8) is 0 Å². The number of carbonyl (C=O) groups is 1. The van der Waals surface area contributed by atoms with Gasteiger partial charge in [0.2, 0.25) is 0 Å². The molecule has 1 N–H and O–H groups in total. The Labute approximate surface area is 227 Å². The zero-order chi connectivity index (χ0) is 27.8. The number of ketones is 1. The number of aryl methyl sites for hydroxylation is 1. The quantitative estimate of drug-likeness (QED) is 0.505. The number of methoxy groups -OCH3 is 1. The number of hydrogen-bond donors (Lipinski definition) is 1. The van der Waals surface area contributed by atoms with Gasteiger partial charge in [0.1, 0.15) is 12.1 Å². The van der Waals surface area contributed by atoms with Crippen LogP contribution in [0.5, 0.6) is 0 Å². The number of nitrogens with zero attached hydrogens (tertiary/aromatic N) is 3. The number of fused-ring (bicyclic) bond motifs is 6. The number of aromatic nitrogens is 3. The van der Waals surface area contributed by atoms with E-state index < -0.39 is 11.8 Å². The molecule has 4 aliphatic rings. The number of aliphatic hydroxyl groups is 1. The van der Waals surface area contributed by atoms with E-state index in [1.54, 1.807) is 11.8 Å². The SMILES string of the molecule is COC[C@]12CC[C@](O)(C(F)(F)F)C[C@H]1CC[C@H]1[C@@H]3CC[C@H](C(=O)Cn4nnc5ccc(C)cc54)[C@@]3(C)CC[C@@H]12. The summed E-state index contributed by atoms with van der Waals surface area (Å²) in [6.07, 6.45) is 0.418. The van der Waals surface area contributed by atoms with E-state index in [0.29, 0.717) is 31.3 Å². The van der Waals surface area contributed by atoms with Crippen molar-refractivity contribution in [3.05, 3.63) is 23.8 Å². The maximum atomic E-state index is 13.8. The lowest BCUT2D eigenvalue weighted by atomic mass is 9.43. The minimum atomic E-state index is -4.61. The van der Waals surface area contributed by atoms with Gasteiger partial charge in [-0.25, -0.2) is 4.68 Å². The fourth-order valence-corrected chi connectivity index (χ4v) is 9.83. The molecule has 6 rings (SSSR count). The highest BCUT2D eigenvalue weighted by Crippen LogP contribution is 2.69. The first-order valence-electron chi connectivity index (χ1n) is 14.5. The Balaban J connectivity index is 1.23. The second kappa shape index (κ2) is 9.26. The van der Waals surface area contributed by atoms with E-state index in [4.69, 9.17) is 4.74 Å². The molecule has 4 aliphatic carbocycles. The van der Waals surface area contributed by atoms with Crippen LogP contribution in [0.15, 0.2) is 18.2 Å². The zero-order valence-electron chi connectivity index (χ0n) is 23.1. The average molecular weight is 548 g/mol. The number of ether oxygens (including phenoxy) is 1. The van der Waals surface area contributed by atoms with E-state index >= 15 is 0 Å². The third kappa shape index (κ3) is 4.08. The Morgan fingerprint density at radius 1 is 1.13 bits per heavy atom. The molecular formula is C30H40F3N3O3. The second-order valence-corrected chi connectivity index (χ2v) is 13.4. The Kier molecular flexibility index (Phi) is 6.46. The molecule has 0 radical (unpaired) electrons. The summed E-state index contributed by atoms with van der Waals surface area (Å²) >= 11 is 0. The van der Waals surface area contributed by atoms with Gasteiger partial charge in [-0.1, -0.05) is 18.2 Å². The summed E-state index contributed by atoms with van der Waals surface area (Å²) in [7, 11) is 1.65. The minimum Gasteiger partial charge on any atom is -0.384 e. The van der Waals surface area contributed by atoms with Gasteiger partial charge in [0.25, 0.3) is 0 Å². The van der Waals surface area contributed by atoms with Crippen molar-refractivity contribution in [2.75, 3.05) is 13.7 Å². The fourth-order valence-electron chi connectivity index (χ4n) is 9.83. The second-order valence-electron chi connectivity index (χ2n) is 13.4. The number of halogens is 3. The topological polar surface area (TPSA) is 77.2 Å². The molecule has 1 aromatic heterocycles. The molecule has 214 valence electrons. The zero-order valence-corrected chi connectivity index (χ0v) is 23.1. The van der Waals surface area contributed by atoms with Crippen molar-refractivity contribution in [2.45, 2.75) is 90.0 Å². The smallest absolute Gasteiger partial charge is 0.384 e. The summed E-state index contributed by atoms with van der Waals surface area (Å²) in [6.45, 7) is 4.95. The van der Waals surface area contributed by atoms with E-state index in [0.717, 1.165) is 48.7 Å². The lowest BCUT2D eigenvalue weighted by Gasteiger charge is -2.62. The van der Waals surface area contributed by atoms with E-state index in [9.17, 15) is 23.1 Å². The molecule has 1 aromatic carbocycles.